The van der Waals surface area contributed by atoms with Crippen LogP contribution in [0.4, 0.5) is 0 Å². The molecule has 3 heteroatoms. The second-order valence-corrected chi connectivity index (χ2v) is 3.06. The van der Waals surface area contributed by atoms with Gasteiger partial charge in [-0.3, -0.25) is 0 Å². The molecule has 0 aliphatic carbocycles. The number of benzene rings is 1. The molecule has 0 aromatic heterocycles. The molecule has 0 aliphatic heterocycles. The molecule has 1 aromatic carbocycles. The molecule has 2 nitrogen and oxygen atoms in total. The third-order valence-electron chi connectivity index (χ3n) is 1.97. The van der Waals surface area contributed by atoms with Crippen LogP contribution in [-0.2, 0) is 6.42 Å². The summed E-state index contributed by atoms with van der Waals surface area (Å²) in [5, 5.41) is 12.2. The zero-order valence-electron chi connectivity index (χ0n) is 8.04. The minimum absolute atomic E-state index is 0. The zero-order chi connectivity index (χ0) is 8.97. The maximum Gasteiger partial charge on any atom is 0.115 e. The predicted octanol–water partition coefficient (Wildman–Crippen LogP) is 1.54. The largest absolute Gasteiger partial charge is 0.508 e. The summed E-state index contributed by atoms with van der Waals surface area (Å²) in [6.07, 6.45) is 0.997. The molecule has 0 unspecified atom stereocenters. The Morgan fingerprint density at radius 2 is 1.85 bits per heavy atom. The second kappa shape index (κ2) is 6.48. The number of rotatable bonds is 3. The van der Waals surface area contributed by atoms with Crippen molar-refractivity contribution in [1.29, 1.82) is 0 Å². The summed E-state index contributed by atoms with van der Waals surface area (Å²) < 4.78 is 0. The summed E-state index contributed by atoms with van der Waals surface area (Å²) >= 11 is 0. The fraction of sp³-hybridized carbons (Fsp3) is 0.400. The topological polar surface area (TPSA) is 32.3 Å². The van der Waals surface area contributed by atoms with Gasteiger partial charge in [0, 0.05) is 37.2 Å². The van der Waals surface area contributed by atoms with Crippen LogP contribution in [0.2, 0.25) is 0 Å². The Hall–Kier alpha value is 0.0319. The maximum absolute atomic E-state index is 9.03. The van der Waals surface area contributed by atoms with Crippen LogP contribution in [0.3, 0.4) is 0 Å². The minimum Gasteiger partial charge on any atom is -0.508 e. The third kappa shape index (κ3) is 4.71. The minimum atomic E-state index is 0. The molecule has 0 spiro atoms. The van der Waals surface area contributed by atoms with E-state index in [1.54, 1.807) is 12.1 Å². The standard InChI is InChI=1S/C10H15NO.U/c1-8(11-2)7-9-3-5-10(12)6-4-9;/h3-6,8,11-12H,7H2,1-2H3;/t8-;/m1./s1. The fourth-order valence-corrected chi connectivity index (χ4v) is 1.09. The van der Waals surface area contributed by atoms with Crippen molar-refractivity contribution < 1.29 is 36.2 Å². The normalized spacial score (nSPS) is 11.8. The Bertz CT molecular complexity index is 235. The molecule has 0 aliphatic rings. The first-order valence-electron chi connectivity index (χ1n) is 4.17. The van der Waals surface area contributed by atoms with Crippen molar-refractivity contribution in [3.63, 3.8) is 0 Å². The number of nitrogens with one attached hydrogen (secondary N) is 1. The van der Waals surface area contributed by atoms with Crippen molar-refractivity contribution in [2.45, 2.75) is 19.4 Å². The third-order valence-corrected chi connectivity index (χ3v) is 1.97. The molecule has 0 saturated heterocycles. The molecular weight excluding hydrogens is 388 g/mol. The van der Waals surface area contributed by atoms with Crippen molar-refractivity contribution in [3.05, 3.63) is 29.8 Å². The molecule has 0 heterocycles. The average Bonchev–Trinajstić information content (AvgIpc) is 2.09. The van der Waals surface area contributed by atoms with Crippen LogP contribution in [0.5, 0.6) is 5.75 Å². The van der Waals surface area contributed by atoms with Gasteiger partial charge < -0.3 is 10.4 Å². The van der Waals surface area contributed by atoms with Crippen LogP contribution in [0.25, 0.3) is 0 Å². The molecule has 0 fully saturated rings. The molecule has 2 N–H and O–H groups in total. The summed E-state index contributed by atoms with van der Waals surface area (Å²) in [5.74, 6) is 0.330. The van der Waals surface area contributed by atoms with Crippen LogP contribution in [0.15, 0.2) is 24.3 Å². The van der Waals surface area contributed by atoms with Gasteiger partial charge in [0.15, 0.2) is 0 Å². The summed E-state index contributed by atoms with van der Waals surface area (Å²) in [6, 6.07) is 7.82. The molecule has 1 rings (SSSR count). The molecule has 13 heavy (non-hydrogen) atoms. The van der Waals surface area contributed by atoms with E-state index in [1.807, 2.05) is 19.2 Å². The first-order chi connectivity index (χ1) is 5.72. The number of hydrogen-bond donors (Lipinski definition) is 2. The number of phenolic OH excluding ortho intramolecular Hbond substituents is 1. The first-order valence-corrected chi connectivity index (χ1v) is 4.17. The van der Waals surface area contributed by atoms with E-state index in [9.17, 15) is 0 Å². The molecule has 0 bridgehead atoms. The van der Waals surface area contributed by atoms with Crippen LogP contribution >= 0.6 is 0 Å². The van der Waals surface area contributed by atoms with Crippen LogP contribution < -0.4 is 5.32 Å². The van der Waals surface area contributed by atoms with E-state index in [2.05, 4.69) is 12.2 Å². The van der Waals surface area contributed by atoms with Gasteiger partial charge in [0.1, 0.15) is 5.75 Å². The molecule has 1 aromatic rings. The van der Waals surface area contributed by atoms with Crippen molar-refractivity contribution in [3.8, 4) is 5.75 Å². The Labute approximate surface area is 103 Å². The Morgan fingerprint density at radius 3 is 2.31 bits per heavy atom. The van der Waals surface area contributed by atoms with E-state index in [-0.39, 0.29) is 31.1 Å². The molecule has 70 valence electrons. The quantitative estimate of drug-likeness (QED) is 0.803. The van der Waals surface area contributed by atoms with Crippen LogP contribution in [-0.4, -0.2) is 18.2 Å². The number of phenols is 1. The van der Waals surface area contributed by atoms with Gasteiger partial charge in [-0.2, -0.15) is 0 Å². The van der Waals surface area contributed by atoms with Gasteiger partial charge in [0.25, 0.3) is 0 Å². The predicted molar refractivity (Wildman–Crippen MR) is 50.3 cm³/mol. The van der Waals surface area contributed by atoms with E-state index in [0.717, 1.165) is 6.42 Å². The number of likely N-dealkylation sites (N-methyl/N-ethyl adjacent to an activating group) is 1. The molecule has 0 saturated carbocycles. The van der Waals surface area contributed by atoms with Crippen molar-refractivity contribution in [2.24, 2.45) is 0 Å². The van der Waals surface area contributed by atoms with Gasteiger partial charge in [-0.15, -0.1) is 0 Å². The number of aromatic hydroxyl groups is 1. The SMILES string of the molecule is CN[C@H](C)Cc1ccc(O)cc1.[U]. The Morgan fingerprint density at radius 1 is 1.31 bits per heavy atom. The van der Waals surface area contributed by atoms with Crippen molar-refractivity contribution in [2.75, 3.05) is 7.05 Å². The first kappa shape index (κ1) is 13.0. The van der Waals surface area contributed by atoms with E-state index < -0.39 is 0 Å². The van der Waals surface area contributed by atoms with Crippen LogP contribution in [0, 0.1) is 31.1 Å². The van der Waals surface area contributed by atoms with Gasteiger partial charge in [0.2, 0.25) is 0 Å². The van der Waals surface area contributed by atoms with E-state index in [4.69, 9.17) is 5.11 Å². The smallest absolute Gasteiger partial charge is 0.115 e. The van der Waals surface area contributed by atoms with Gasteiger partial charge in [-0.1, -0.05) is 12.1 Å². The summed E-state index contributed by atoms with van der Waals surface area (Å²) in [5.41, 5.74) is 1.25. The molecule has 0 radical (unpaired) electrons. The number of hydrogen-bond acceptors (Lipinski definition) is 2. The molecular formula is C10H15NOU. The summed E-state index contributed by atoms with van der Waals surface area (Å²) in [6.45, 7) is 2.13. The van der Waals surface area contributed by atoms with E-state index >= 15 is 0 Å². The van der Waals surface area contributed by atoms with Gasteiger partial charge in [-0.25, -0.2) is 0 Å². The molecule has 1 atom stereocenters. The van der Waals surface area contributed by atoms with Gasteiger partial charge >= 0.3 is 0 Å². The Balaban J connectivity index is 0.00000144. The Kier molecular flexibility index (Phi) is 6.50. The molecule has 0 amide bonds. The van der Waals surface area contributed by atoms with Crippen molar-refractivity contribution in [1.82, 2.24) is 5.32 Å². The average molecular weight is 403 g/mol. The summed E-state index contributed by atoms with van der Waals surface area (Å²) in [4.78, 5) is 0. The fourth-order valence-electron chi connectivity index (χ4n) is 1.09. The zero-order valence-corrected chi connectivity index (χ0v) is 12.2. The second-order valence-electron chi connectivity index (χ2n) is 3.06. The van der Waals surface area contributed by atoms with Gasteiger partial charge in [0.05, 0.1) is 0 Å². The van der Waals surface area contributed by atoms with Crippen molar-refractivity contribution >= 4 is 0 Å². The monoisotopic (exact) mass is 403 g/mol. The maximum atomic E-state index is 9.03. The van der Waals surface area contributed by atoms with E-state index in [1.165, 1.54) is 5.56 Å². The summed E-state index contributed by atoms with van der Waals surface area (Å²) in [7, 11) is 1.95. The van der Waals surface area contributed by atoms with Crippen LogP contribution in [0.1, 0.15) is 12.5 Å². The van der Waals surface area contributed by atoms with Gasteiger partial charge in [-0.05, 0) is 38.1 Å². The van der Waals surface area contributed by atoms with E-state index in [0.29, 0.717) is 11.8 Å².